The Kier molecular flexibility index (Phi) is 2.23. The molecule has 0 aromatic heterocycles. The van der Waals surface area contributed by atoms with Crippen molar-refractivity contribution in [1.82, 2.24) is 5.32 Å². The van der Waals surface area contributed by atoms with Gasteiger partial charge in [-0.25, -0.2) is 4.79 Å². The first-order valence-corrected chi connectivity index (χ1v) is 7.72. The molecule has 74 valence electrons. The second kappa shape index (κ2) is 2.83. The van der Waals surface area contributed by atoms with E-state index in [0.717, 1.165) is 0 Å². The zero-order valence-electron chi connectivity index (χ0n) is 8.76. The number of hydrogen-bond acceptors (Lipinski definition) is 2. The molecule has 0 aromatic carbocycles. The van der Waals surface area contributed by atoms with Crippen LogP contribution in [0.3, 0.4) is 0 Å². The van der Waals surface area contributed by atoms with E-state index in [1.165, 1.54) is 0 Å². The van der Waals surface area contributed by atoms with Gasteiger partial charge in [-0.05, 0) is 33.5 Å². The fraction of sp³-hybridized carbons (Fsp3) is 0.750. The molecule has 1 N–H and O–H groups in total. The van der Waals surface area contributed by atoms with Gasteiger partial charge in [-0.2, -0.15) is 4.99 Å². The molecule has 4 nitrogen and oxygen atoms in total. The Morgan fingerprint density at radius 2 is 1.92 bits per heavy atom. The number of amides is 2. The molecule has 13 heavy (non-hydrogen) atoms. The van der Waals surface area contributed by atoms with Crippen molar-refractivity contribution in [2.45, 2.75) is 39.0 Å². The van der Waals surface area contributed by atoms with E-state index < -0.39 is 13.9 Å². The lowest BCUT2D eigenvalue weighted by molar-refractivity contribution is 0.247. The Morgan fingerprint density at radius 3 is 2.23 bits per heavy atom. The van der Waals surface area contributed by atoms with Crippen LogP contribution in [-0.2, 0) is 4.43 Å². The van der Waals surface area contributed by atoms with Crippen LogP contribution in [0, 0.1) is 0 Å². The molecule has 0 aliphatic carbocycles. The fourth-order valence-electron chi connectivity index (χ4n) is 1.02. The first-order chi connectivity index (χ1) is 5.71. The maximum absolute atomic E-state index is 11.0. The Hall–Kier alpha value is -0.843. The first kappa shape index (κ1) is 10.2. The third-order valence-electron chi connectivity index (χ3n) is 1.56. The number of nitrogens with one attached hydrogen (secondary N) is 1. The standard InChI is InChI=1S/C8H16N2O2Si/c1-8(2)6(9-7(11)10-8)12-13(3,4)5/h1-5H3,(H,10,11). The van der Waals surface area contributed by atoms with Crippen molar-refractivity contribution in [3.8, 4) is 0 Å². The number of rotatable bonds is 1. The molecule has 1 heterocycles. The zero-order valence-corrected chi connectivity index (χ0v) is 9.76. The Bertz CT molecular complexity index is 266. The molecule has 0 spiro atoms. The highest BCUT2D eigenvalue weighted by Crippen LogP contribution is 2.17. The van der Waals surface area contributed by atoms with Gasteiger partial charge in [-0.1, -0.05) is 0 Å². The lowest BCUT2D eigenvalue weighted by atomic mass is 10.1. The maximum Gasteiger partial charge on any atom is 0.344 e. The Balaban J connectivity index is 2.80. The summed E-state index contributed by atoms with van der Waals surface area (Å²) in [5.74, 6) is 0.525. The van der Waals surface area contributed by atoms with Crippen LogP contribution in [0.2, 0.25) is 19.6 Å². The monoisotopic (exact) mass is 200 g/mol. The number of nitrogens with zero attached hydrogens (tertiary/aromatic N) is 1. The van der Waals surface area contributed by atoms with Crippen molar-refractivity contribution in [2.75, 3.05) is 0 Å². The summed E-state index contributed by atoms with van der Waals surface area (Å²) >= 11 is 0. The van der Waals surface area contributed by atoms with Crippen LogP contribution in [0.1, 0.15) is 13.8 Å². The second-order valence-electron chi connectivity index (χ2n) is 4.69. The summed E-state index contributed by atoms with van der Waals surface area (Å²) in [6.45, 7) is 9.96. The zero-order chi connectivity index (χ0) is 10.3. The summed E-state index contributed by atoms with van der Waals surface area (Å²) in [5.41, 5.74) is -0.447. The number of aliphatic imine (C=N–C) groups is 1. The quantitative estimate of drug-likeness (QED) is 0.655. The molecule has 0 saturated heterocycles. The third kappa shape index (κ3) is 2.55. The van der Waals surface area contributed by atoms with Crippen LogP contribution in [0.4, 0.5) is 4.79 Å². The van der Waals surface area contributed by atoms with Gasteiger partial charge in [0, 0.05) is 0 Å². The van der Waals surface area contributed by atoms with Crippen LogP contribution < -0.4 is 5.32 Å². The Labute approximate surface area is 79.5 Å². The van der Waals surface area contributed by atoms with E-state index in [2.05, 4.69) is 30.0 Å². The molecular formula is C8H16N2O2Si. The lowest BCUT2D eigenvalue weighted by Crippen LogP contribution is -2.46. The molecule has 0 unspecified atom stereocenters. The topological polar surface area (TPSA) is 50.7 Å². The minimum absolute atomic E-state index is 0.307. The second-order valence-corrected chi connectivity index (χ2v) is 9.12. The molecule has 2 amide bonds. The van der Waals surface area contributed by atoms with Gasteiger partial charge in [0.1, 0.15) is 5.54 Å². The largest absolute Gasteiger partial charge is 0.533 e. The smallest absolute Gasteiger partial charge is 0.344 e. The highest BCUT2D eigenvalue weighted by Gasteiger charge is 2.37. The molecule has 1 aliphatic heterocycles. The van der Waals surface area contributed by atoms with Crippen molar-refractivity contribution in [3.05, 3.63) is 0 Å². The lowest BCUT2D eigenvalue weighted by Gasteiger charge is -2.26. The maximum atomic E-state index is 11.0. The van der Waals surface area contributed by atoms with E-state index in [0.29, 0.717) is 5.90 Å². The molecule has 1 rings (SSSR count). The summed E-state index contributed by atoms with van der Waals surface area (Å²) in [6.07, 6.45) is 0. The SMILES string of the molecule is CC1(C)NC(=O)N=C1O[Si](C)(C)C. The molecule has 5 heteroatoms. The molecule has 0 aromatic rings. The van der Waals surface area contributed by atoms with Gasteiger partial charge in [0.25, 0.3) is 0 Å². The van der Waals surface area contributed by atoms with Gasteiger partial charge < -0.3 is 9.74 Å². The van der Waals surface area contributed by atoms with Crippen molar-refractivity contribution >= 4 is 20.2 Å². The van der Waals surface area contributed by atoms with Gasteiger partial charge in [-0.3, -0.25) is 0 Å². The predicted molar refractivity (Wildman–Crippen MR) is 54.5 cm³/mol. The van der Waals surface area contributed by atoms with Crippen LogP contribution in [0.25, 0.3) is 0 Å². The van der Waals surface area contributed by atoms with Crippen molar-refractivity contribution in [2.24, 2.45) is 4.99 Å². The Morgan fingerprint density at radius 1 is 1.38 bits per heavy atom. The number of urea groups is 1. The molecule has 0 saturated carbocycles. The molecule has 0 bridgehead atoms. The third-order valence-corrected chi connectivity index (χ3v) is 2.37. The van der Waals surface area contributed by atoms with E-state index in [-0.39, 0.29) is 6.03 Å². The van der Waals surface area contributed by atoms with Gasteiger partial charge >= 0.3 is 6.03 Å². The fourth-order valence-corrected chi connectivity index (χ4v) is 1.90. The number of carbonyl (C=O) groups is 1. The van der Waals surface area contributed by atoms with Crippen LogP contribution in [0.15, 0.2) is 4.99 Å². The average Bonchev–Trinajstić information content (AvgIpc) is 2.00. The number of carbonyl (C=O) groups excluding carboxylic acids is 1. The van der Waals surface area contributed by atoms with E-state index in [1.807, 2.05) is 13.8 Å². The molecule has 0 atom stereocenters. The predicted octanol–water partition coefficient (Wildman–Crippen LogP) is 1.74. The van der Waals surface area contributed by atoms with Crippen LogP contribution >= 0.6 is 0 Å². The normalized spacial score (nSPS) is 21.0. The minimum Gasteiger partial charge on any atom is -0.533 e. The average molecular weight is 200 g/mol. The van der Waals surface area contributed by atoms with Gasteiger partial charge in [0.2, 0.25) is 14.2 Å². The van der Waals surface area contributed by atoms with Crippen LogP contribution in [-0.4, -0.2) is 25.8 Å². The van der Waals surface area contributed by atoms with Gasteiger partial charge in [-0.15, -0.1) is 0 Å². The van der Waals surface area contributed by atoms with E-state index in [4.69, 9.17) is 4.43 Å². The summed E-state index contributed by atoms with van der Waals surface area (Å²) in [7, 11) is -1.66. The van der Waals surface area contributed by atoms with Crippen molar-refractivity contribution in [1.29, 1.82) is 0 Å². The van der Waals surface area contributed by atoms with Crippen LogP contribution in [0.5, 0.6) is 0 Å². The van der Waals surface area contributed by atoms with E-state index in [9.17, 15) is 4.79 Å². The van der Waals surface area contributed by atoms with E-state index in [1.54, 1.807) is 0 Å². The summed E-state index contributed by atoms with van der Waals surface area (Å²) < 4.78 is 5.69. The summed E-state index contributed by atoms with van der Waals surface area (Å²) in [4.78, 5) is 14.8. The molecular weight excluding hydrogens is 184 g/mol. The summed E-state index contributed by atoms with van der Waals surface area (Å²) in [6, 6.07) is -0.307. The van der Waals surface area contributed by atoms with Gasteiger partial charge in [0.05, 0.1) is 0 Å². The van der Waals surface area contributed by atoms with Crippen molar-refractivity contribution in [3.63, 3.8) is 0 Å². The molecule has 1 aliphatic rings. The molecule has 0 radical (unpaired) electrons. The number of hydrogen-bond donors (Lipinski definition) is 1. The van der Waals surface area contributed by atoms with Crippen molar-refractivity contribution < 1.29 is 9.22 Å². The van der Waals surface area contributed by atoms with E-state index >= 15 is 0 Å². The molecule has 0 fully saturated rings. The highest BCUT2D eigenvalue weighted by atomic mass is 28.4. The van der Waals surface area contributed by atoms with Gasteiger partial charge in [0.15, 0.2) is 0 Å². The summed E-state index contributed by atoms with van der Waals surface area (Å²) in [5, 5.41) is 2.72. The first-order valence-electron chi connectivity index (χ1n) is 4.31. The highest BCUT2D eigenvalue weighted by molar-refractivity contribution is 6.71. The minimum atomic E-state index is -1.66.